The van der Waals surface area contributed by atoms with Crippen LogP contribution in [-0.2, 0) is 4.74 Å². The summed E-state index contributed by atoms with van der Waals surface area (Å²) in [5, 5.41) is 0.598. The summed E-state index contributed by atoms with van der Waals surface area (Å²) in [5.74, 6) is 0.312. The Morgan fingerprint density at radius 1 is 1.39 bits per heavy atom. The van der Waals surface area contributed by atoms with Gasteiger partial charge >= 0.3 is 5.97 Å². The maximum absolute atomic E-state index is 12.3. The van der Waals surface area contributed by atoms with E-state index in [4.69, 9.17) is 9.15 Å². The standard InChI is InChI=1S/C16H16N2O4S/c1-7-10(4)23-15-12(7)14(19)17-13(18-15)9(3)22-16(20)11-5-6-21-8(11)2/h5-6,9H,1-4H3,(H,17,18,19)/t9-/m0/s1. The number of aromatic nitrogens is 2. The molecule has 0 bridgehead atoms. The molecule has 3 aromatic rings. The fourth-order valence-electron chi connectivity index (χ4n) is 2.34. The van der Waals surface area contributed by atoms with Gasteiger partial charge in [0.25, 0.3) is 5.56 Å². The highest BCUT2D eigenvalue weighted by Crippen LogP contribution is 2.27. The molecule has 0 spiro atoms. The van der Waals surface area contributed by atoms with Crippen molar-refractivity contribution in [1.82, 2.24) is 9.97 Å². The average molecular weight is 332 g/mol. The van der Waals surface area contributed by atoms with Crippen LogP contribution in [0.5, 0.6) is 0 Å². The highest BCUT2D eigenvalue weighted by molar-refractivity contribution is 7.18. The predicted octanol–water partition coefficient (Wildman–Crippen LogP) is 3.42. The number of carbonyl (C=O) groups excluding carboxylic acids is 1. The third-order valence-electron chi connectivity index (χ3n) is 3.81. The largest absolute Gasteiger partial charge is 0.469 e. The molecule has 3 rings (SSSR count). The van der Waals surface area contributed by atoms with Gasteiger partial charge < -0.3 is 14.1 Å². The smallest absolute Gasteiger partial charge is 0.342 e. The number of H-pyrrole nitrogens is 1. The Hall–Kier alpha value is -2.41. The SMILES string of the molecule is Cc1occc1C(=O)O[C@@H](C)c1nc2sc(C)c(C)c2c(=O)[nH]1. The third kappa shape index (κ3) is 2.68. The Labute approximate surface area is 136 Å². The van der Waals surface area contributed by atoms with Crippen molar-refractivity contribution in [3.05, 3.63) is 50.3 Å². The Morgan fingerprint density at radius 2 is 2.13 bits per heavy atom. The molecule has 0 aliphatic rings. The van der Waals surface area contributed by atoms with E-state index < -0.39 is 12.1 Å². The van der Waals surface area contributed by atoms with E-state index in [1.807, 2.05) is 13.8 Å². The van der Waals surface area contributed by atoms with Crippen LogP contribution in [0, 0.1) is 20.8 Å². The minimum absolute atomic E-state index is 0.214. The molecule has 0 aliphatic heterocycles. The third-order valence-corrected chi connectivity index (χ3v) is 4.91. The molecular formula is C16H16N2O4S. The topological polar surface area (TPSA) is 85.2 Å². The fraction of sp³-hybridized carbons (Fsp3) is 0.312. The van der Waals surface area contributed by atoms with Gasteiger partial charge in [-0.1, -0.05) is 0 Å². The van der Waals surface area contributed by atoms with Crippen LogP contribution in [0.15, 0.2) is 21.5 Å². The van der Waals surface area contributed by atoms with Gasteiger partial charge in [-0.25, -0.2) is 9.78 Å². The second-order valence-corrected chi connectivity index (χ2v) is 6.56. The summed E-state index contributed by atoms with van der Waals surface area (Å²) in [6.07, 6.45) is 0.761. The number of thiophene rings is 1. The van der Waals surface area contributed by atoms with Gasteiger partial charge in [-0.15, -0.1) is 11.3 Å². The lowest BCUT2D eigenvalue weighted by Gasteiger charge is -2.12. The van der Waals surface area contributed by atoms with Gasteiger partial charge in [0.15, 0.2) is 11.9 Å². The normalized spacial score (nSPS) is 12.5. The highest BCUT2D eigenvalue weighted by Gasteiger charge is 2.20. The van der Waals surface area contributed by atoms with E-state index in [1.54, 1.807) is 19.9 Å². The van der Waals surface area contributed by atoms with E-state index in [0.29, 0.717) is 27.4 Å². The summed E-state index contributed by atoms with van der Waals surface area (Å²) in [5.41, 5.74) is 1.08. The van der Waals surface area contributed by atoms with Crippen molar-refractivity contribution in [2.24, 2.45) is 0 Å². The molecule has 3 aromatic heterocycles. The maximum atomic E-state index is 12.3. The number of ether oxygens (including phenoxy) is 1. The first-order valence-electron chi connectivity index (χ1n) is 7.13. The van der Waals surface area contributed by atoms with E-state index >= 15 is 0 Å². The summed E-state index contributed by atoms with van der Waals surface area (Å²) < 4.78 is 10.5. The molecule has 1 atom stereocenters. The van der Waals surface area contributed by atoms with Crippen LogP contribution in [0.4, 0.5) is 0 Å². The number of rotatable bonds is 3. The van der Waals surface area contributed by atoms with Gasteiger partial charge in [0.2, 0.25) is 0 Å². The van der Waals surface area contributed by atoms with E-state index in [-0.39, 0.29) is 5.56 Å². The minimum atomic E-state index is -0.670. The molecule has 0 amide bonds. The fourth-order valence-corrected chi connectivity index (χ4v) is 3.38. The maximum Gasteiger partial charge on any atom is 0.342 e. The van der Waals surface area contributed by atoms with Crippen molar-refractivity contribution in [2.45, 2.75) is 33.8 Å². The van der Waals surface area contributed by atoms with Crippen LogP contribution in [0.2, 0.25) is 0 Å². The number of carbonyl (C=O) groups is 1. The lowest BCUT2D eigenvalue weighted by molar-refractivity contribution is 0.0318. The zero-order valence-corrected chi connectivity index (χ0v) is 14.0. The molecule has 6 nitrogen and oxygen atoms in total. The Morgan fingerprint density at radius 3 is 2.78 bits per heavy atom. The monoisotopic (exact) mass is 332 g/mol. The lowest BCUT2D eigenvalue weighted by Crippen LogP contribution is -2.17. The van der Waals surface area contributed by atoms with Gasteiger partial charge in [0.05, 0.1) is 11.6 Å². The van der Waals surface area contributed by atoms with Crippen LogP contribution in [0.1, 0.15) is 45.4 Å². The van der Waals surface area contributed by atoms with Gasteiger partial charge in [-0.3, -0.25) is 4.79 Å². The second-order valence-electron chi connectivity index (χ2n) is 5.35. The summed E-state index contributed by atoms with van der Waals surface area (Å²) in [4.78, 5) is 33.2. The Balaban J connectivity index is 1.92. The minimum Gasteiger partial charge on any atom is -0.469 e. The molecule has 120 valence electrons. The van der Waals surface area contributed by atoms with Crippen LogP contribution in [-0.4, -0.2) is 15.9 Å². The molecule has 1 N–H and O–H groups in total. The van der Waals surface area contributed by atoms with Crippen molar-refractivity contribution < 1.29 is 13.9 Å². The molecule has 0 aliphatic carbocycles. The van der Waals surface area contributed by atoms with E-state index in [9.17, 15) is 9.59 Å². The number of fused-ring (bicyclic) bond motifs is 1. The van der Waals surface area contributed by atoms with Crippen molar-refractivity contribution >= 4 is 27.5 Å². The van der Waals surface area contributed by atoms with Crippen LogP contribution < -0.4 is 5.56 Å². The molecule has 0 aromatic carbocycles. The predicted molar refractivity (Wildman–Crippen MR) is 87.0 cm³/mol. The number of aromatic amines is 1. The summed E-state index contributed by atoms with van der Waals surface area (Å²) >= 11 is 1.46. The van der Waals surface area contributed by atoms with Gasteiger partial charge in [0.1, 0.15) is 16.2 Å². The van der Waals surface area contributed by atoms with E-state index in [2.05, 4.69) is 9.97 Å². The molecule has 0 radical (unpaired) electrons. The molecule has 3 heterocycles. The van der Waals surface area contributed by atoms with Crippen molar-refractivity contribution in [3.8, 4) is 0 Å². The van der Waals surface area contributed by atoms with Gasteiger partial charge in [0, 0.05) is 4.88 Å². The molecule has 23 heavy (non-hydrogen) atoms. The zero-order valence-electron chi connectivity index (χ0n) is 13.2. The summed E-state index contributed by atoms with van der Waals surface area (Å²) in [6.45, 7) is 7.21. The molecule has 0 saturated carbocycles. The van der Waals surface area contributed by atoms with Crippen LogP contribution >= 0.6 is 11.3 Å². The Bertz CT molecular complexity index is 951. The van der Waals surface area contributed by atoms with E-state index in [1.165, 1.54) is 17.6 Å². The van der Waals surface area contributed by atoms with Gasteiger partial charge in [-0.2, -0.15) is 0 Å². The van der Waals surface area contributed by atoms with E-state index in [0.717, 1.165) is 10.4 Å². The summed E-state index contributed by atoms with van der Waals surface area (Å²) in [7, 11) is 0. The molecule has 0 saturated heterocycles. The van der Waals surface area contributed by atoms with Crippen molar-refractivity contribution in [2.75, 3.05) is 0 Å². The number of aryl methyl sites for hydroxylation is 3. The first kappa shape index (κ1) is 15.5. The molecule has 0 unspecified atom stereocenters. The van der Waals surface area contributed by atoms with Crippen LogP contribution in [0.3, 0.4) is 0 Å². The number of nitrogens with zero attached hydrogens (tertiary/aromatic N) is 1. The lowest BCUT2D eigenvalue weighted by atomic mass is 10.2. The van der Waals surface area contributed by atoms with Crippen molar-refractivity contribution in [1.29, 1.82) is 0 Å². The highest BCUT2D eigenvalue weighted by atomic mass is 32.1. The van der Waals surface area contributed by atoms with Gasteiger partial charge in [-0.05, 0) is 39.3 Å². The first-order valence-corrected chi connectivity index (χ1v) is 7.95. The first-order chi connectivity index (χ1) is 10.9. The Kier molecular flexibility index (Phi) is 3.81. The average Bonchev–Trinajstić information content (AvgIpc) is 3.03. The van der Waals surface area contributed by atoms with Crippen LogP contribution in [0.25, 0.3) is 10.2 Å². The zero-order chi connectivity index (χ0) is 16.7. The molecular weight excluding hydrogens is 316 g/mol. The quantitative estimate of drug-likeness (QED) is 0.743. The number of esters is 1. The number of nitrogens with one attached hydrogen (secondary N) is 1. The van der Waals surface area contributed by atoms with Crippen molar-refractivity contribution in [3.63, 3.8) is 0 Å². The molecule has 7 heteroatoms. The number of hydrogen-bond acceptors (Lipinski definition) is 6. The number of furan rings is 1. The number of hydrogen-bond donors (Lipinski definition) is 1. The molecule has 0 fully saturated rings. The summed E-state index contributed by atoms with van der Waals surface area (Å²) in [6, 6.07) is 1.55. The second kappa shape index (κ2) is 5.66.